The highest BCUT2D eigenvalue weighted by Gasteiger charge is 2.68. The van der Waals surface area contributed by atoms with Gasteiger partial charge in [-0.15, -0.1) is 0 Å². The molecular weight excluding hydrogens is 120 g/mol. The van der Waals surface area contributed by atoms with Crippen molar-refractivity contribution in [2.24, 2.45) is 35.5 Å². The highest BCUT2D eigenvalue weighted by molar-refractivity contribution is 5.15. The molecule has 56 valence electrons. The van der Waals surface area contributed by atoms with Gasteiger partial charge in [-0.1, -0.05) is 13.8 Å². The molecular formula is C10H16. The van der Waals surface area contributed by atoms with E-state index < -0.39 is 0 Å². The first-order chi connectivity index (χ1) is 4.79. The Morgan fingerprint density at radius 2 is 1.40 bits per heavy atom. The number of rotatable bonds is 0. The maximum atomic E-state index is 2.46. The van der Waals surface area contributed by atoms with Crippen molar-refractivity contribution in [2.75, 3.05) is 0 Å². The molecule has 4 unspecified atom stereocenters. The molecule has 0 radical (unpaired) electrons. The van der Waals surface area contributed by atoms with Gasteiger partial charge >= 0.3 is 0 Å². The molecule has 3 fully saturated rings. The molecule has 0 amide bonds. The second-order valence-electron chi connectivity index (χ2n) is 4.92. The second kappa shape index (κ2) is 1.44. The summed E-state index contributed by atoms with van der Waals surface area (Å²) in [7, 11) is 0. The smallest absolute Gasteiger partial charge is 0.0321 e. The Morgan fingerprint density at radius 1 is 0.900 bits per heavy atom. The van der Waals surface area contributed by atoms with E-state index in [2.05, 4.69) is 13.8 Å². The lowest BCUT2D eigenvalue weighted by Gasteiger charge is -2.28. The van der Waals surface area contributed by atoms with Crippen LogP contribution in [0.2, 0.25) is 0 Å². The normalized spacial score (nSPS) is 70.2. The molecule has 3 aliphatic carbocycles. The van der Waals surface area contributed by atoms with E-state index in [1.165, 1.54) is 23.7 Å². The van der Waals surface area contributed by atoms with Crippen LogP contribution in [0.4, 0.5) is 0 Å². The molecule has 3 saturated carbocycles. The Kier molecular flexibility index (Phi) is 0.810. The van der Waals surface area contributed by atoms with Crippen LogP contribution in [-0.4, -0.2) is 0 Å². The molecule has 3 rings (SSSR count). The van der Waals surface area contributed by atoms with E-state index in [1.54, 1.807) is 12.8 Å². The summed E-state index contributed by atoms with van der Waals surface area (Å²) < 4.78 is 0. The van der Waals surface area contributed by atoms with E-state index in [4.69, 9.17) is 0 Å². The van der Waals surface area contributed by atoms with Gasteiger partial charge in [-0.05, 0) is 48.3 Å². The van der Waals surface area contributed by atoms with Crippen molar-refractivity contribution in [1.29, 1.82) is 0 Å². The number of hydrogen-bond acceptors (Lipinski definition) is 0. The molecule has 0 nitrogen and oxygen atoms in total. The van der Waals surface area contributed by atoms with Gasteiger partial charge in [0.2, 0.25) is 0 Å². The van der Waals surface area contributed by atoms with Crippen molar-refractivity contribution in [2.45, 2.75) is 26.7 Å². The molecule has 0 heterocycles. The van der Waals surface area contributed by atoms with Gasteiger partial charge in [0.15, 0.2) is 0 Å². The number of hydrogen-bond donors (Lipinski definition) is 0. The highest BCUT2D eigenvalue weighted by Crippen LogP contribution is 2.73. The summed E-state index contributed by atoms with van der Waals surface area (Å²) in [5.41, 5.74) is 0. The average Bonchev–Trinajstić information content (AvgIpc) is 2.36. The van der Waals surface area contributed by atoms with Gasteiger partial charge in [0.05, 0.1) is 0 Å². The molecule has 10 heavy (non-hydrogen) atoms. The fourth-order valence-corrected chi connectivity index (χ4v) is 3.99. The Balaban J connectivity index is 1.81. The minimum absolute atomic E-state index is 1.06. The third kappa shape index (κ3) is 0.436. The zero-order valence-electron chi connectivity index (χ0n) is 6.88. The Labute approximate surface area is 63.0 Å². The van der Waals surface area contributed by atoms with Crippen molar-refractivity contribution < 1.29 is 0 Å². The van der Waals surface area contributed by atoms with Gasteiger partial charge in [0.25, 0.3) is 0 Å². The van der Waals surface area contributed by atoms with E-state index in [0.29, 0.717) is 0 Å². The minimum atomic E-state index is 1.06. The van der Waals surface area contributed by atoms with Crippen LogP contribution in [0.3, 0.4) is 0 Å². The fraction of sp³-hybridized carbons (Fsp3) is 1.00. The summed E-state index contributed by atoms with van der Waals surface area (Å²) in [6, 6.07) is 0. The molecule has 4 atom stereocenters. The van der Waals surface area contributed by atoms with Gasteiger partial charge in [-0.25, -0.2) is 0 Å². The highest BCUT2D eigenvalue weighted by atomic mass is 14.7. The van der Waals surface area contributed by atoms with Crippen LogP contribution < -0.4 is 0 Å². The first-order valence-corrected chi connectivity index (χ1v) is 4.79. The van der Waals surface area contributed by atoms with Crippen LogP contribution in [-0.2, 0) is 0 Å². The molecule has 0 aliphatic heterocycles. The van der Waals surface area contributed by atoms with Gasteiger partial charge in [0.1, 0.15) is 0 Å². The lowest BCUT2D eigenvalue weighted by atomic mass is 9.77. The fourth-order valence-electron chi connectivity index (χ4n) is 3.99. The quantitative estimate of drug-likeness (QED) is 0.480. The van der Waals surface area contributed by atoms with Crippen LogP contribution in [0.25, 0.3) is 0 Å². The van der Waals surface area contributed by atoms with E-state index >= 15 is 0 Å². The lowest BCUT2D eigenvalue weighted by molar-refractivity contribution is 0.195. The zero-order chi connectivity index (χ0) is 6.88. The van der Waals surface area contributed by atoms with Crippen LogP contribution in [0.15, 0.2) is 0 Å². The molecule has 0 aromatic rings. The predicted molar refractivity (Wildman–Crippen MR) is 41.5 cm³/mol. The summed E-state index contributed by atoms with van der Waals surface area (Å²) >= 11 is 0. The Morgan fingerprint density at radius 3 is 1.90 bits per heavy atom. The Bertz CT molecular complexity index is 155. The minimum Gasteiger partial charge on any atom is -0.0625 e. The van der Waals surface area contributed by atoms with E-state index in [9.17, 15) is 0 Å². The van der Waals surface area contributed by atoms with Gasteiger partial charge in [0, 0.05) is 0 Å². The Hall–Kier alpha value is 0. The summed E-state index contributed by atoms with van der Waals surface area (Å²) in [5.74, 6) is 6.98. The summed E-state index contributed by atoms with van der Waals surface area (Å²) in [5, 5.41) is 0. The molecule has 0 spiro atoms. The van der Waals surface area contributed by atoms with Gasteiger partial charge in [-0.3, -0.25) is 0 Å². The van der Waals surface area contributed by atoms with Crippen molar-refractivity contribution >= 4 is 0 Å². The van der Waals surface area contributed by atoms with Crippen molar-refractivity contribution in [3.8, 4) is 0 Å². The zero-order valence-corrected chi connectivity index (χ0v) is 6.88. The van der Waals surface area contributed by atoms with Crippen molar-refractivity contribution in [1.82, 2.24) is 0 Å². The van der Waals surface area contributed by atoms with Crippen LogP contribution >= 0.6 is 0 Å². The van der Waals surface area contributed by atoms with E-state index in [-0.39, 0.29) is 0 Å². The number of fused-ring (bicyclic) bond motifs is 4. The summed E-state index contributed by atoms with van der Waals surface area (Å²) in [4.78, 5) is 0. The third-order valence-electron chi connectivity index (χ3n) is 4.41. The lowest BCUT2D eigenvalue weighted by Crippen LogP contribution is -2.23. The molecule has 0 aromatic heterocycles. The first kappa shape index (κ1) is 5.62. The molecule has 0 saturated heterocycles. The average molecular weight is 136 g/mol. The summed E-state index contributed by atoms with van der Waals surface area (Å²) in [6.45, 7) is 4.89. The van der Waals surface area contributed by atoms with Crippen molar-refractivity contribution in [3.63, 3.8) is 0 Å². The van der Waals surface area contributed by atoms with Crippen LogP contribution in [0, 0.1) is 35.5 Å². The van der Waals surface area contributed by atoms with E-state index in [1.807, 2.05) is 0 Å². The predicted octanol–water partition coefficient (Wildman–Crippen LogP) is 2.54. The molecule has 0 bridgehead atoms. The first-order valence-electron chi connectivity index (χ1n) is 4.79. The van der Waals surface area contributed by atoms with Crippen molar-refractivity contribution in [3.05, 3.63) is 0 Å². The monoisotopic (exact) mass is 136 g/mol. The maximum Gasteiger partial charge on any atom is -0.0321 e. The SMILES string of the molecule is CC1CC2C(C1)C1C(C)C21. The maximum absolute atomic E-state index is 2.46. The molecule has 3 aliphatic rings. The van der Waals surface area contributed by atoms with E-state index in [0.717, 1.165) is 11.8 Å². The molecule has 0 heteroatoms. The van der Waals surface area contributed by atoms with Crippen LogP contribution in [0.1, 0.15) is 26.7 Å². The van der Waals surface area contributed by atoms with Gasteiger partial charge < -0.3 is 0 Å². The largest absolute Gasteiger partial charge is 0.0625 e. The standard InChI is InChI=1S/C10H16/c1-5-3-7-8(4-5)10-6(2)9(7)10/h5-10H,3-4H2,1-2H3. The molecule has 0 N–H and O–H groups in total. The third-order valence-corrected chi connectivity index (χ3v) is 4.41. The summed E-state index contributed by atoms with van der Waals surface area (Å²) in [6.07, 6.45) is 3.13. The topological polar surface area (TPSA) is 0 Å². The second-order valence-corrected chi connectivity index (χ2v) is 4.92. The molecule has 0 aromatic carbocycles. The van der Waals surface area contributed by atoms with Crippen LogP contribution in [0.5, 0.6) is 0 Å². The van der Waals surface area contributed by atoms with Gasteiger partial charge in [-0.2, -0.15) is 0 Å².